The molecule has 0 aliphatic carbocycles. The van der Waals surface area contributed by atoms with Gasteiger partial charge >= 0.3 is 0 Å². The van der Waals surface area contributed by atoms with Crippen molar-refractivity contribution in [3.8, 4) is 0 Å². The zero-order valence-corrected chi connectivity index (χ0v) is 10.4. The molecule has 0 radical (unpaired) electrons. The standard InChI is InChI=1S/C12H27NO2/c1-4-5-6-7-8-9-12(13,10(2)14)11(3)15/h10-11,14-15H,4-9,13H2,1-3H3. The van der Waals surface area contributed by atoms with E-state index in [1.165, 1.54) is 19.3 Å². The summed E-state index contributed by atoms with van der Waals surface area (Å²) in [5.41, 5.74) is 5.16. The number of hydrogen-bond donors (Lipinski definition) is 3. The van der Waals surface area contributed by atoms with Gasteiger partial charge in [0.1, 0.15) is 0 Å². The highest BCUT2D eigenvalue weighted by Crippen LogP contribution is 2.21. The molecule has 92 valence electrons. The van der Waals surface area contributed by atoms with E-state index in [2.05, 4.69) is 6.92 Å². The molecule has 0 aromatic rings. The number of aliphatic hydroxyl groups is 2. The normalized spacial score (nSPS) is 19.6. The van der Waals surface area contributed by atoms with Gasteiger partial charge in [0, 0.05) is 0 Å². The molecular weight excluding hydrogens is 190 g/mol. The van der Waals surface area contributed by atoms with Gasteiger partial charge in [-0.3, -0.25) is 0 Å². The lowest BCUT2D eigenvalue weighted by molar-refractivity contribution is 0.00128. The quantitative estimate of drug-likeness (QED) is 0.543. The fraction of sp³-hybridized carbons (Fsp3) is 1.00. The highest BCUT2D eigenvalue weighted by atomic mass is 16.3. The van der Waals surface area contributed by atoms with Crippen molar-refractivity contribution >= 4 is 0 Å². The number of hydrogen-bond acceptors (Lipinski definition) is 3. The average Bonchev–Trinajstić information content (AvgIpc) is 2.16. The van der Waals surface area contributed by atoms with Crippen LogP contribution in [0.5, 0.6) is 0 Å². The summed E-state index contributed by atoms with van der Waals surface area (Å²) in [4.78, 5) is 0. The van der Waals surface area contributed by atoms with E-state index in [9.17, 15) is 10.2 Å². The second kappa shape index (κ2) is 7.20. The Bertz CT molecular complexity index is 150. The van der Waals surface area contributed by atoms with Gasteiger partial charge in [-0.05, 0) is 20.3 Å². The van der Waals surface area contributed by atoms with Crippen LogP contribution < -0.4 is 5.73 Å². The zero-order valence-electron chi connectivity index (χ0n) is 10.4. The van der Waals surface area contributed by atoms with E-state index in [-0.39, 0.29) is 0 Å². The van der Waals surface area contributed by atoms with Crippen molar-refractivity contribution in [3.05, 3.63) is 0 Å². The smallest absolute Gasteiger partial charge is 0.0716 e. The second-order valence-electron chi connectivity index (χ2n) is 4.63. The Morgan fingerprint density at radius 1 is 1.00 bits per heavy atom. The number of rotatable bonds is 8. The number of aliphatic hydroxyl groups excluding tert-OH is 2. The molecule has 0 aliphatic heterocycles. The Kier molecular flexibility index (Phi) is 7.14. The van der Waals surface area contributed by atoms with Gasteiger partial charge in [-0.15, -0.1) is 0 Å². The third-order valence-electron chi connectivity index (χ3n) is 3.27. The second-order valence-corrected chi connectivity index (χ2v) is 4.63. The molecule has 0 heterocycles. The summed E-state index contributed by atoms with van der Waals surface area (Å²) >= 11 is 0. The molecular formula is C12H27NO2. The van der Waals surface area contributed by atoms with Crippen LogP contribution in [-0.2, 0) is 0 Å². The van der Waals surface area contributed by atoms with Crippen molar-refractivity contribution in [2.24, 2.45) is 5.73 Å². The summed E-state index contributed by atoms with van der Waals surface area (Å²) in [6.45, 7) is 5.48. The molecule has 2 atom stereocenters. The molecule has 0 aliphatic rings. The van der Waals surface area contributed by atoms with Gasteiger partial charge in [0.15, 0.2) is 0 Å². The molecule has 0 rings (SSSR count). The highest BCUT2D eigenvalue weighted by Gasteiger charge is 2.35. The zero-order chi connectivity index (χ0) is 11.9. The Morgan fingerprint density at radius 2 is 1.47 bits per heavy atom. The van der Waals surface area contributed by atoms with E-state index in [0.29, 0.717) is 6.42 Å². The first-order chi connectivity index (χ1) is 6.95. The Labute approximate surface area is 93.7 Å². The minimum Gasteiger partial charge on any atom is -0.391 e. The first-order valence-corrected chi connectivity index (χ1v) is 6.10. The average molecular weight is 217 g/mol. The van der Waals surface area contributed by atoms with Gasteiger partial charge in [0.2, 0.25) is 0 Å². The summed E-state index contributed by atoms with van der Waals surface area (Å²) < 4.78 is 0. The summed E-state index contributed by atoms with van der Waals surface area (Å²) in [7, 11) is 0. The molecule has 3 heteroatoms. The lowest BCUT2D eigenvalue weighted by atomic mass is 9.83. The molecule has 0 aromatic heterocycles. The van der Waals surface area contributed by atoms with E-state index in [4.69, 9.17) is 5.73 Å². The minimum absolute atomic E-state index is 0.663. The predicted molar refractivity (Wildman–Crippen MR) is 63.7 cm³/mol. The van der Waals surface area contributed by atoms with E-state index in [1.807, 2.05) is 0 Å². The van der Waals surface area contributed by atoms with Crippen LogP contribution in [0, 0.1) is 0 Å². The molecule has 0 saturated carbocycles. The van der Waals surface area contributed by atoms with Crippen molar-refractivity contribution in [3.63, 3.8) is 0 Å². The van der Waals surface area contributed by atoms with Gasteiger partial charge < -0.3 is 15.9 Å². The van der Waals surface area contributed by atoms with Crippen LogP contribution in [-0.4, -0.2) is 28.0 Å². The monoisotopic (exact) mass is 217 g/mol. The molecule has 15 heavy (non-hydrogen) atoms. The minimum atomic E-state index is -0.841. The van der Waals surface area contributed by atoms with Crippen LogP contribution in [0.4, 0.5) is 0 Å². The van der Waals surface area contributed by atoms with E-state index >= 15 is 0 Å². The maximum Gasteiger partial charge on any atom is 0.0716 e. The number of nitrogens with two attached hydrogens (primary N) is 1. The Hall–Kier alpha value is -0.120. The summed E-state index contributed by atoms with van der Waals surface area (Å²) in [6, 6.07) is 0. The molecule has 0 saturated heterocycles. The molecule has 0 bridgehead atoms. The summed E-state index contributed by atoms with van der Waals surface area (Å²) in [5, 5.41) is 19.1. The van der Waals surface area contributed by atoms with Crippen molar-refractivity contribution in [1.82, 2.24) is 0 Å². The molecule has 0 spiro atoms. The van der Waals surface area contributed by atoms with Crippen LogP contribution in [0.25, 0.3) is 0 Å². The SMILES string of the molecule is CCCCCCCC(N)(C(C)O)C(C)O. The van der Waals surface area contributed by atoms with Crippen molar-refractivity contribution in [2.75, 3.05) is 0 Å². The van der Waals surface area contributed by atoms with Crippen molar-refractivity contribution < 1.29 is 10.2 Å². The van der Waals surface area contributed by atoms with E-state index in [1.54, 1.807) is 13.8 Å². The van der Waals surface area contributed by atoms with E-state index < -0.39 is 17.7 Å². The third-order valence-corrected chi connectivity index (χ3v) is 3.27. The molecule has 0 fully saturated rings. The molecule has 4 N–H and O–H groups in total. The largest absolute Gasteiger partial charge is 0.391 e. The Morgan fingerprint density at radius 3 is 1.87 bits per heavy atom. The van der Waals surface area contributed by atoms with Gasteiger partial charge in [0.05, 0.1) is 17.7 Å². The van der Waals surface area contributed by atoms with Gasteiger partial charge in [-0.2, -0.15) is 0 Å². The Balaban J connectivity index is 3.88. The topological polar surface area (TPSA) is 66.5 Å². The van der Waals surface area contributed by atoms with Crippen LogP contribution in [0.15, 0.2) is 0 Å². The fourth-order valence-corrected chi connectivity index (χ4v) is 1.80. The summed E-state index contributed by atoms with van der Waals surface area (Å²) in [5.74, 6) is 0. The van der Waals surface area contributed by atoms with Crippen LogP contribution >= 0.6 is 0 Å². The van der Waals surface area contributed by atoms with Crippen molar-refractivity contribution in [1.29, 1.82) is 0 Å². The molecule has 0 amide bonds. The third kappa shape index (κ3) is 4.96. The van der Waals surface area contributed by atoms with Crippen LogP contribution in [0.3, 0.4) is 0 Å². The lowest BCUT2D eigenvalue weighted by Gasteiger charge is -2.35. The highest BCUT2D eigenvalue weighted by molar-refractivity contribution is 4.93. The summed E-state index contributed by atoms with van der Waals surface area (Å²) in [6.07, 6.45) is 5.16. The first kappa shape index (κ1) is 14.9. The van der Waals surface area contributed by atoms with Crippen molar-refractivity contribution in [2.45, 2.75) is 77.0 Å². The maximum atomic E-state index is 9.56. The first-order valence-electron chi connectivity index (χ1n) is 6.10. The molecule has 0 aromatic carbocycles. The fourth-order valence-electron chi connectivity index (χ4n) is 1.80. The van der Waals surface area contributed by atoms with Gasteiger partial charge in [0.25, 0.3) is 0 Å². The van der Waals surface area contributed by atoms with Gasteiger partial charge in [-0.25, -0.2) is 0 Å². The van der Waals surface area contributed by atoms with E-state index in [0.717, 1.165) is 12.8 Å². The molecule has 2 unspecified atom stereocenters. The lowest BCUT2D eigenvalue weighted by Crippen LogP contribution is -2.57. The van der Waals surface area contributed by atoms with Crippen LogP contribution in [0.1, 0.15) is 59.3 Å². The maximum absolute atomic E-state index is 9.56. The predicted octanol–water partition coefficient (Wildman–Crippen LogP) is 1.81. The molecule has 3 nitrogen and oxygen atoms in total. The van der Waals surface area contributed by atoms with Crippen LogP contribution in [0.2, 0.25) is 0 Å². The number of unbranched alkanes of at least 4 members (excludes halogenated alkanes) is 4. The van der Waals surface area contributed by atoms with Gasteiger partial charge in [-0.1, -0.05) is 39.0 Å².